The second kappa shape index (κ2) is 8.64. The van der Waals surface area contributed by atoms with Crippen LogP contribution in [0.1, 0.15) is 37.1 Å². The fraction of sp³-hybridized carbons (Fsp3) is 0.429. The number of nitrogens with zero attached hydrogens (tertiary/aromatic N) is 5. The van der Waals surface area contributed by atoms with Gasteiger partial charge in [-0.3, -0.25) is 4.79 Å². The van der Waals surface area contributed by atoms with E-state index in [1.807, 2.05) is 0 Å². The SMILES string of the molecule is COc1ccccc1O[C@H](C)C(=O)N1CCC(c2cc(C(F)(F)F)n3ncnc3n2)CC1. The summed E-state index contributed by atoms with van der Waals surface area (Å²) in [5.74, 6) is 0.503. The molecule has 2 aromatic heterocycles. The highest BCUT2D eigenvalue weighted by Gasteiger charge is 2.36. The molecule has 1 aliphatic rings. The summed E-state index contributed by atoms with van der Waals surface area (Å²) in [6, 6.07) is 8.08. The Hall–Kier alpha value is -3.37. The number of carbonyl (C=O) groups excluding carboxylic acids is 1. The lowest BCUT2D eigenvalue weighted by molar-refractivity contribution is -0.142. The smallest absolute Gasteiger partial charge is 0.433 e. The first-order valence-electron chi connectivity index (χ1n) is 10.1. The van der Waals surface area contributed by atoms with Crippen LogP contribution in [-0.2, 0) is 11.0 Å². The average Bonchev–Trinajstić information content (AvgIpc) is 3.26. The Morgan fingerprint density at radius 1 is 1.19 bits per heavy atom. The van der Waals surface area contributed by atoms with Crippen LogP contribution in [0.2, 0.25) is 0 Å². The number of para-hydroxylation sites is 2. The van der Waals surface area contributed by atoms with Crippen molar-refractivity contribution in [2.24, 2.45) is 0 Å². The molecule has 0 spiro atoms. The van der Waals surface area contributed by atoms with E-state index in [2.05, 4.69) is 15.1 Å². The first kappa shape index (κ1) is 21.8. The molecule has 1 atom stereocenters. The minimum absolute atomic E-state index is 0.0906. The summed E-state index contributed by atoms with van der Waals surface area (Å²) in [5, 5.41) is 3.62. The van der Waals surface area contributed by atoms with Crippen LogP contribution in [0.15, 0.2) is 36.7 Å². The molecule has 0 bridgehead atoms. The van der Waals surface area contributed by atoms with E-state index in [9.17, 15) is 18.0 Å². The minimum atomic E-state index is -4.58. The number of hydrogen-bond donors (Lipinski definition) is 0. The zero-order valence-electron chi connectivity index (χ0n) is 17.5. The van der Waals surface area contributed by atoms with Crippen LogP contribution in [0.3, 0.4) is 0 Å². The summed E-state index contributed by atoms with van der Waals surface area (Å²) in [7, 11) is 1.52. The van der Waals surface area contributed by atoms with Gasteiger partial charge in [0, 0.05) is 24.7 Å². The fourth-order valence-electron chi connectivity index (χ4n) is 3.85. The maximum atomic E-state index is 13.4. The summed E-state index contributed by atoms with van der Waals surface area (Å²) in [6.07, 6.45) is -3.29. The zero-order chi connectivity index (χ0) is 22.9. The quantitative estimate of drug-likeness (QED) is 0.595. The molecule has 3 aromatic rings. The first-order valence-corrected chi connectivity index (χ1v) is 10.1. The molecule has 11 heteroatoms. The van der Waals surface area contributed by atoms with E-state index in [0.717, 1.165) is 12.4 Å². The maximum absolute atomic E-state index is 13.4. The Morgan fingerprint density at radius 3 is 2.53 bits per heavy atom. The van der Waals surface area contributed by atoms with Crippen molar-refractivity contribution in [3.05, 3.63) is 48.0 Å². The van der Waals surface area contributed by atoms with Gasteiger partial charge in [0.25, 0.3) is 11.7 Å². The second-order valence-corrected chi connectivity index (χ2v) is 7.55. The Morgan fingerprint density at radius 2 is 1.88 bits per heavy atom. The van der Waals surface area contributed by atoms with E-state index < -0.39 is 18.0 Å². The van der Waals surface area contributed by atoms with Gasteiger partial charge in [0.05, 0.1) is 7.11 Å². The number of ether oxygens (including phenoxy) is 2. The highest BCUT2D eigenvalue weighted by atomic mass is 19.4. The van der Waals surface area contributed by atoms with E-state index in [1.165, 1.54) is 7.11 Å². The fourth-order valence-corrected chi connectivity index (χ4v) is 3.85. The predicted octanol–water partition coefficient (Wildman–Crippen LogP) is 3.33. The third-order valence-corrected chi connectivity index (χ3v) is 5.51. The van der Waals surface area contributed by atoms with Gasteiger partial charge in [-0.05, 0) is 38.0 Å². The van der Waals surface area contributed by atoms with Crippen molar-refractivity contribution < 1.29 is 27.4 Å². The Kier molecular flexibility index (Phi) is 5.90. The number of benzene rings is 1. The number of amides is 1. The number of halogens is 3. The lowest BCUT2D eigenvalue weighted by Crippen LogP contribution is -2.44. The molecule has 1 aliphatic heterocycles. The molecular formula is C21H22F3N5O3. The predicted molar refractivity (Wildman–Crippen MR) is 107 cm³/mol. The summed E-state index contributed by atoms with van der Waals surface area (Å²) in [6.45, 7) is 2.45. The van der Waals surface area contributed by atoms with Crippen molar-refractivity contribution >= 4 is 11.7 Å². The van der Waals surface area contributed by atoms with Gasteiger partial charge in [0.2, 0.25) is 0 Å². The molecule has 1 saturated heterocycles. The number of aromatic nitrogens is 4. The van der Waals surface area contributed by atoms with Gasteiger partial charge < -0.3 is 14.4 Å². The Bertz CT molecular complexity index is 1110. The molecule has 1 aromatic carbocycles. The number of alkyl halides is 3. The second-order valence-electron chi connectivity index (χ2n) is 7.55. The van der Waals surface area contributed by atoms with Crippen molar-refractivity contribution in [2.75, 3.05) is 20.2 Å². The molecule has 170 valence electrons. The molecular weight excluding hydrogens is 427 g/mol. The minimum Gasteiger partial charge on any atom is -0.493 e. The molecule has 0 unspecified atom stereocenters. The summed E-state index contributed by atoms with van der Waals surface area (Å²) < 4.78 is 52.0. The molecule has 0 aliphatic carbocycles. The zero-order valence-corrected chi connectivity index (χ0v) is 17.5. The standard InChI is InChI=1S/C21H22F3N5O3/c1-13(32-17-6-4-3-5-16(17)31-2)19(30)28-9-7-14(8-10-28)15-11-18(21(22,23)24)29-20(27-15)25-12-26-29/h3-6,11-14H,7-10H2,1-2H3/t13-/m1/s1. The number of hydrogen-bond acceptors (Lipinski definition) is 6. The molecule has 1 fully saturated rings. The van der Waals surface area contributed by atoms with Gasteiger partial charge in [-0.15, -0.1) is 0 Å². The number of piperidine rings is 1. The van der Waals surface area contributed by atoms with Gasteiger partial charge in [-0.1, -0.05) is 12.1 Å². The molecule has 1 amide bonds. The molecule has 0 radical (unpaired) electrons. The van der Waals surface area contributed by atoms with E-state index in [4.69, 9.17) is 9.47 Å². The van der Waals surface area contributed by atoms with Crippen molar-refractivity contribution in [1.82, 2.24) is 24.5 Å². The Balaban J connectivity index is 1.43. The lowest BCUT2D eigenvalue weighted by Gasteiger charge is -2.33. The van der Waals surface area contributed by atoms with Gasteiger partial charge in [-0.2, -0.15) is 27.8 Å². The number of fused-ring (bicyclic) bond motifs is 1. The third kappa shape index (κ3) is 4.32. The molecule has 8 nitrogen and oxygen atoms in total. The lowest BCUT2D eigenvalue weighted by atomic mass is 9.92. The number of carbonyl (C=O) groups is 1. The van der Waals surface area contributed by atoms with Crippen LogP contribution in [0, 0.1) is 0 Å². The van der Waals surface area contributed by atoms with E-state index in [0.29, 0.717) is 47.6 Å². The van der Waals surface area contributed by atoms with E-state index in [1.54, 1.807) is 36.1 Å². The molecule has 4 rings (SSSR count). The monoisotopic (exact) mass is 449 g/mol. The molecule has 0 N–H and O–H groups in total. The number of likely N-dealkylation sites (tertiary alicyclic amines) is 1. The van der Waals surface area contributed by atoms with Crippen LogP contribution in [-0.4, -0.2) is 56.7 Å². The van der Waals surface area contributed by atoms with E-state index >= 15 is 0 Å². The van der Waals surface area contributed by atoms with Crippen molar-refractivity contribution in [1.29, 1.82) is 0 Å². The summed E-state index contributed by atoms with van der Waals surface area (Å²) in [4.78, 5) is 22.6. The summed E-state index contributed by atoms with van der Waals surface area (Å²) >= 11 is 0. The van der Waals surface area contributed by atoms with E-state index in [-0.39, 0.29) is 17.6 Å². The molecule has 3 heterocycles. The van der Waals surface area contributed by atoms with Crippen LogP contribution < -0.4 is 9.47 Å². The average molecular weight is 449 g/mol. The topological polar surface area (TPSA) is 81.9 Å². The van der Waals surface area contributed by atoms with Crippen molar-refractivity contribution in [3.63, 3.8) is 0 Å². The normalized spacial score (nSPS) is 16.2. The largest absolute Gasteiger partial charge is 0.493 e. The first-order chi connectivity index (χ1) is 15.3. The third-order valence-electron chi connectivity index (χ3n) is 5.51. The van der Waals surface area contributed by atoms with Crippen molar-refractivity contribution in [3.8, 4) is 11.5 Å². The van der Waals surface area contributed by atoms with Gasteiger partial charge in [0.1, 0.15) is 6.33 Å². The highest BCUT2D eigenvalue weighted by molar-refractivity contribution is 5.81. The van der Waals surface area contributed by atoms with Gasteiger partial charge in [0.15, 0.2) is 23.3 Å². The number of rotatable bonds is 5. The van der Waals surface area contributed by atoms with Gasteiger partial charge in [-0.25, -0.2) is 4.98 Å². The highest BCUT2D eigenvalue weighted by Crippen LogP contribution is 2.34. The Labute approximate surface area is 182 Å². The summed E-state index contributed by atoms with van der Waals surface area (Å²) in [5.41, 5.74) is -0.601. The van der Waals surface area contributed by atoms with Crippen LogP contribution in [0.25, 0.3) is 5.78 Å². The molecule has 32 heavy (non-hydrogen) atoms. The molecule has 0 saturated carbocycles. The number of methoxy groups -OCH3 is 1. The van der Waals surface area contributed by atoms with Crippen LogP contribution in [0.5, 0.6) is 11.5 Å². The van der Waals surface area contributed by atoms with Crippen molar-refractivity contribution in [2.45, 2.75) is 38.0 Å². The van der Waals surface area contributed by atoms with Crippen LogP contribution >= 0.6 is 0 Å². The van der Waals surface area contributed by atoms with Crippen LogP contribution in [0.4, 0.5) is 13.2 Å². The van der Waals surface area contributed by atoms with Gasteiger partial charge >= 0.3 is 6.18 Å². The maximum Gasteiger partial charge on any atom is 0.433 e.